The lowest BCUT2D eigenvalue weighted by Gasteiger charge is -2.17. The molecule has 0 fully saturated rings. The fourth-order valence-electron chi connectivity index (χ4n) is 3.41. The van der Waals surface area contributed by atoms with Crippen molar-refractivity contribution < 1.29 is 9.53 Å². The zero-order chi connectivity index (χ0) is 21.0. The van der Waals surface area contributed by atoms with Gasteiger partial charge >= 0.3 is 0 Å². The van der Waals surface area contributed by atoms with Crippen molar-refractivity contribution in [3.05, 3.63) is 59.2 Å². The SMILES string of the molecule is CCOc1ccccc1NC(=O)C(CC)Sc1cc(C)c2cc(C)cc(C)c2n1. The monoisotopic (exact) mass is 408 g/mol. The van der Waals surface area contributed by atoms with Gasteiger partial charge in [-0.25, -0.2) is 4.98 Å². The maximum Gasteiger partial charge on any atom is 0.238 e. The summed E-state index contributed by atoms with van der Waals surface area (Å²) in [5.41, 5.74) is 5.29. The average molecular weight is 409 g/mol. The number of ether oxygens (including phenoxy) is 1. The van der Waals surface area contributed by atoms with E-state index in [1.165, 1.54) is 28.3 Å². The third-order valence-electron chi connectivity index (χ3n) is 4.80. The molecule has 1 amide bonds. The molecule has 2 aromatic carbocycles. The molecule has 0 saturated carbocycles. The highest BCUT2D eigenvalue weighted by molar-refractivity contribution is 8.00. The smallest absolute Gasteiger partial charge is 0.238 e. The highest BCUT2D eigenvalue weighted by atomic mass is 32.2. The van der Waals surface area contributed by atoms with Crippen LogP contribution in [0.25, 0.3) is 10.9 Å². The number of rotatable bonds is 7. The van der Waals surface area contributed by atoms with Crippen molar-refractivity contribution in [1.29, 1.82) is 0 Å². The van der Waals surface area contributed by atoms with Crippen molar-refractivity contribution in [2.45, 2.75) is 51.3 Å². The minimum absolute atomic E-state index is 0.0372. The molecule has 1 unspecified atom stereocenters. The van der Waals surface area contributed by atoms with Crippen LogP contribution in [0.2, 0.25) is 0 Å². The van der Waals surface area contributed by atoms with Gasteiger partial charge in [0.2, 0.25) is 5.91 Å². The van der Waals surface area contributed by atoms with Crippen molar-refractivity contribution in [3.8, 4) is 5.75 Å². The van der Waals surface area contributed by atoms with Gasteiger partial charge in [0.25, 0.3) is 0 Å². The van der Waals surface area contributed by atoms with Crippen molar-refractivity contribution in [1.82, 2.24) is 4.98 Å². The van der Waals surface area contributed by atoms with E-state index in [4.69, 9.17) is 9.72 Å². The molecule has 1 aromatic heterocycles. The van der Waals surface area contributed by atoms with Crippen LogP contribution in [-0.2, 0) is 4.79 Å². The number of para-hydroxylation sites is 2. The Morgan fingerprint density at radius 2 is 1.86 bits per heavy atom. The Morgan fingerprint density at radius 3 is 2.59 bits per heavy atom. The Balaban J connectivity index is 1.83. The predicted octanol–water partition coefficient (Wildman–Crippen LogP) is 6.07. The number of benzene rings is 2. The number of aryl methyl sites for hydroxylation is 3. The average Bonchev–Trinajstić information content (AvgIpc) is 2.68. The third kappa shape index (κ3) is 4.91. The fourth-order valence-corrected chi connectivity index (χ4v) is 4.42. The first kappa shape index (κ1) is 21.2. The lowest BCUT2D eigenvalue weighted by Crippen LogP contribution is -2.25. The number of amides is 1. The molecular formula is C24H28N2O2S. The molecule has 1 atom stereocenters. The second-order valence-corrected chi connectivity index (χ2v) is 8.41. The Hall–Kier alpha value is -2.53. The highest BCUT2D eigenvalue weighted by Crippen LogP contribution is 2.31. The molecule has 0 aliphatic heterocycles. The molecule has 3 rings (SSSR count). The van der Waals surface area contributed by atoms with Crippen LogP contribution in [0.4, 0.5) is 5.69 Å². The maximum absolute atomic E-state index is 12.9. The van der Waals surface area contributed by atoms with Crippen LogP contribution in [0.3, 0.4) is 0 Å². The molecule has 4 nitrogen and oxygen atoms in total. The molecule has 0 saturated heterocycles. The van der Waals surface area contributed by atoms with E-state index >= 15 is 0 Å². The van der Waals surface area contributed by atoms with E-state index in [0.29, 0.717) is 24.5 Å². The number of hydrogen-bond donors (Lipinski definition) is 1. The molecular weight excluding hydrogens is 380 g/mol. The summed E-state index contributed by atoms with van der Waals surface area (Å²) in [6.45, 7) is 10.8. The largest absolute Gasteiger partial charge is 0.492 e. The summed E-state index contributed by atoms with van der Waals surface area (Å²) < 4.78 is 5.62. The summed E-state index contributed by atoms with van der Waals surface area (Å²) in [5.74, 6) is 0.652. The first-order valence-corrected chi connectivity index (χ1v) is 10.9. The number of thioether (sulfide) groups is 1. The highest BCUT2D eigenvalue weighted by Gasteiger charge is 2.21. The predicted molar refractivity (Wildman–Crippen MR) is 122 cm³/mol. The molecule has 3 aromatic rings. The molecule has 0 spiro atoms. The molecule has 1 N–H and O–H groups in total. The first-order valence-electron chi connectivity index (χ1n) is 10.0. The summed E-state index contributed by atoms with van der Waals surface area (Å²) in [4.78, 5) is 17.8. The van der Waals surface area contributed by atoms with Crippen LogP contribution in [0.1, 0.15) is 37.0 Å². The quantitative estimate of drug-likeness (QED) is 0.482. The number of carbonyl (C=O) groups is 1. The van der Waals surface area contributed by atoms with Crippen molar-refractivity contribution in [2.75, 3.05) is 11.9 Å². The molecule has 0 aliphatic carbocycles. The fraction of sp³-hybridized carbons (Fsp3) is 0.333. The van der Waals surface area contributed by atoms with E-state index in [1.807, 2.05) is 38.1 Å². The number of fused-ring (bicyclic) bond motifs is 1. The molecule has 0 bridgehead atoms. The number of hydrogen-bond acceptors (Lipinski definition) is 4. The van der Waals surface area contributed by atoms with E-state index in [2.05, 4.69) is 44.3 Å². The van der Waals surface area contributed by atoms with Crippen LogP contribution < -0.4 is 10.1 Å². The Morgan fingerprint density at radius 1 is 1.10 bits per heavy atom. The third-order valence-corrected chi connectivity index (χ3v) is 6.09. The van der Waals surface area contributed by atoms with Crippen molar-refractivity contribution in [3.63, 3.8) is 0 Å². The molecule has 0 aliphatic rings. The summed E-state index contributed by atoms with van der Waals surface area (Å²) in [6, 6.07) is 13.9. The number of anilines is 1. The Labute approximate surface area is 177 Å². The normalized spacial score (nSPS) is 12.0. The van der Waals surface area contributed by atoms with Gasteiger partial charge < -0.3 is 10.1 Å². The lowest BCUT2D eigenvalue weighted by atomic mass is 10.0. The number of nitrogens with zero attached hydrogens (tertiary/aromatic N) is 1. The van der Waals surface area contributed by atoms with Gasteiger partial charge in [0, 0.05) is 5.39 Å². The zero-order valence-corrected chi connectivity index (χ0v) is 18.5. The number of carbonyl (C=O) groups excluding carboxylic acids is 1. The van der Waals surface area contributed by atoms with Crippen LogP contribution in [0.5, 0.6) is 5.75 Å². The lowest BCUT2D eigenvalue weighted by molar-refractivity contribution is -0.115. The van der Waals surface area contributed by atoms with E-state index in [1.54, 1.807) is 0 Å². The van der Waals surface area contributed by atoms with E-state index in [0.717, 1.165) is 16.1 Å². The molecule has 152 valence electrons. The number of nitrogens with one attached hydrogen (secondary N) is 1. The first-order chi connectivity index (χ1) is 13.9. The van der Waals surface area contributed by atoms with E-state index in [9.17, 15) is 4.79 Å². The standard InChI is InChI=1S/C24H28N2O2S/c1-6-21(24(27)25-19-10-8-9-11-20(19)28-7-2)29-22-14-16(4)18-13-15(3)12-17(5)23(18)26-22/h8-14,21H,6-7H2,1-5H3,(H,25,27). The van der Waals surface area contributed by atoms with Gasteiger partial charge in [-0.15, -0.1) is 0 Å². The number of aromatic nitrogens is 1. The van der Waals surface area contributed by atoms with E-state index < -0.39 is 0 Å². The molecule has 1 heterocycles. The number of pyridine rings is 1. The van der Waals surface area contributed by atoms with Gasteiger partial charge in [-0.1, -0.05) is 42.4 Å². The van der Waals surface area contributed by atoms with Crippen LogP contribution in [-0.4, -0.2) is 22.7 Å². The van der Waals surface area contributed by atoms with Crippen LogP contribution in [0.15, 0.2) is 47.5 Å². The Kier molecular flexibility index (Phi) is 6.80. The topological polar surface area (TPSA) is 51.2 Å². The summed E-state index contributed by atoms with van der Waals surface area (Å²) >= 11 is 1.51. The van der Waals surface area contributed by atoms with Gasteiger partial charge in [0.15, 0.2) is 0 Å². The minimum atomic E-state index is -0.236. The van der Waals surface area contributed by atoms with Gasteiger partial charge in [-0.3, -0.25) is 4.79 Å². The Bertz CT molecular complexity index is 1030. The van der Waals surface area contributed by atoms with Gasteiger partial charge in [0.05, 0.1) is 28.1 Å². The summed E-state index contributed by atoms with van der Waals surface area (Å²) in [7, 11) is 0. The second kappa shape index (κ2) is 9.31. The molecule has 5 heteroatoms. The summed E-state index contributed by atoms with van der Waals surface area (Å²) in [5, 5.41) is 4.84. The van der Waals surface area contributed by atoms with Gasteiger partial charge in [-0.2, -0.15) is 0 Å². The molecule has 0 radical (unpaired) electrons. The van der Waals surface area contributed by atoms with Crippen molar-refractivity contribution in [2.24, 2.45) is 0 Å². The maximum atomic E-state index is 12.9. The molecule has 29 heavy (non-hydrogen) atoms. The minimum Gasteiger partial charge on any atom is -0.492 e. The summed E-state index contributed by atoms with van der Waals surface area (Å²) in [6.07, 6.45) is 0.707. The van der Waals surface area contributed by atoms with Gasteiger partial charge in [-0.05, 0) is 69.5 Å². The van der Waals surface area contributed by atoms with Crippen LogP contribution in [0, 0.1) is 20.8 Å². The zero-order valence-electron chi connectivity index (χ0n) is 17.7. The second-order valence-electron chi connectivity index (χ2n) is 7.19. The van der Waals surface area contributed by atoms with E-state index in [-0.39, 0.29) is 11.2 Å². The van der Waals surface area contributed by atoms with Crippen LogP contribution >= 0.6 is 11.8 Å². The van der Waals surface area contributed by atoms with Gasteiger partial charge in [0.1, 0.15) is 5.75 Å². The van der Waals surface area contributed by atoms with Crippen molar-refractivity contribution >= 4 is 34.3 Å².